The van der Waals surface area contributed by atoms with Gasteiger partial charge < -0.3 is 9.30 Å². The van der Waals surface area contributed by atoms with Crippen LogP contribution in [-0.2, 0) is 11.3 Å². The van der Waals surface area contributed by atoms with Crippen LogP contribution < -0.4 is 4.74 Å². The molecule has 0 fully saturated rings. The summed E-state index contributed by atoms with van der Waals surface area (Å²) in [4.78, 5) is 11.5. The molecule has 0 aliphatic carbocycles. The molecule has 0 unspecified atom stereocenters. The summed E-state index contributed by atoms with van der Waals surface area (Å²) >= 11 is 0. The van der Waals surface area contributed by atoms with Gasteiger partial charge in [0.1, 0.15) is 5.75 Å². The summed E-state index contributed by atoms with van der Waals surface area (Å²) in [5, 5.41) is 1.24. The Morgan fingerprint density at radius 1 is 1.05 bits per heavy atom. The summed E-state index contributed by atoms with van der Waals surface area (Å²) in [6, 6.07) is 18.2. The third-order valence-electron chi connectivity index (χ3n) is 3.64. The average molecular weight is 293 g/mol. The predicted molar refractivity (Wildman–Crippen MR) is 88.0 cm³/mol. The molecule has 0 amide bonds. The number of carbonyl (C=O) groups excluding carboxylic acids is 1. The average Bonchev–Trinajstić information content (AvgIpc) is 2.93. The largest absolute Gasteiger partial charge is 0.427 e. The maximum absolute atomic E-state index is 11.5. The highest BCUT2D eigenvalue weighted by molar-refractivity contribution is 5.80. The lowest BCUT2D eigenvalue weighted by molar-refractivity contribution is -0.134. The molecule has 3 heteroatoms. The smallest absolute Gasteiger partial charge is 0.311 e. The number of para-hydroxylation sites is 1. The normalized spacial score (nSPS) is 10.8. The number of rotatable bonds is 5. The minimum Gasteiger partial charge on any atom is -0.427 e. The number of hydrogen-bond donors (Lipinski definition) is 0. The van der Waals surface area contributed by atoms with E-state index in [2.05, 4.69) is 35.0 Å². The quantitative estimate of drug-likeness (QED) is 0.516. The fourth-order valence-corrected chi connectivity index (χ4v) is 2.52. The van der Waals surface area contributed by atoms with Gasteiger partial charge in [-0.15, -0.1) is 0 Å². The maximum atomic E-state index is 11.5. The van der Waals surface area contributed by atoms with Gasteiger partial charge in [0.25, 0.3) is 0 Å². The van der Waals surface area contributed by atoms with Crippen molar-refractivity contribution >= 4 is 16.9 Å². The molecule has 112 valence electrons. The molecular formula is C19H19NO2. The second kappa shape index (κ2) is 6.48. The number of carbonyl (C=O) groups is 1. The van der Waals surface area contributed by atoms with Crippen LogP contribution in [0.25, 0.3) is 10.9 Å². The van der Waals surface area contributed by atoms with Crippen LogP contribution in [0, 0.1) is 0 Å². The van der Waals surface area contributed by atoms with Gasteiger partial charge in [-0.05, 0) is 41.6 Å². The highest BCUT2D eigenvalue weighted by Gasteiger charge is 2.04. The van der Waals surface area contributed by atoms with E-state index in [1.807, 2.05) is 37.3 Å². The molecule has 1 aromatic heterocycles. The lowest BCUT2D eigenvalue weighted by atomic mass is 10.2. The van der Waals surface area contributed by atoms with Crippen LogP contribution in [0.2, 0.25) is 0 Å². The van der Waals surface area contributed by atoms with Crippen molar-refractivity contribution in [1.82, 2.24) is 4.57 Å². The Morgan fingerprint density at radius 3 is 2.59 bits per heavy atom. The van der Waals surface area contributed by atoms with Gasteiger partial charge in [0, 0.05) is 24.7 Å². The van der Waals surface area contributed by atoms with Crippen LogP contribution in [0.4, 0.5) is 0 Å². The highest BCUT2D eigenvalue weighted by atomic mass is 16.5. The molecule has 0 saturated carbocycles. The molecule has 0 spiro atoms. The number of aromatic nitrogens is 1. The number of esters is 1. The Bertz CT molecular complexity index is 771. The van der Waals surface area contributed by atoms with E-state index in [9.17, 15) is 4.79 Å². The van der Waals surface area contributed by atoms with Crippen molar-refractivity contribution in [1.29, 1.82) is 0 Å². The van der Waals surface area contributed by atoms with E-state index in [-0.39, 0.29) is 5.97 Å². The summed E-state index contributed by atoms with van der Waals surface area (Å²) in [5.41, 5.74) is 2.40. The summed E-state index contributed by atoms with van der Waals surface area (Å²) in [7, 11) is 0. The van der Waals surface area contributed by atoms with Crippen LogP contribution in [0.15, 0.2) is 60.8 Å². The molecule has 0 atom stereocenters. The molecule has 0 aliphatic rings. The van der Waals surface area contributed by atoms with E-state index < -0.39 is 0 Å². The standard InChI is InChI=1S/C19H19NO2/c1-2-5-19(21)22-17-10-8-15(9-11-17)14-20-13-12-16-6-3-4-7-18(16)20/h3-4,6-13H,2,5,14H2,1H3. The van der Waals surface area contributed by atoms with Gasteiger partial charge in [-0.1, -0.05) is 37.3 Å². The molecule has 0 saturated heterocycles. The Labute approximate surface area is 130 Å². The number of ether oxygens (including phenoxy) is 1. The second-order valence-corrected chi connectivity index (χ2v) is 5.37. The first-order valence-electron chi connectivity index (χ1n) is 7.60. The minimum absolute atomic E-state index is 0.174. The molecule has 3 aromatic rings. The SMILES string of the molecule is CCCC(=O)Oc1ccc(Cn2ccc3ccccc32)cc1. The van der Waals surface area contributed by atoms with Gasteiger partial charge in [0.15, 0.2) is 0 Å². The Kier molecular flexibility index (Phi) is 4.24. The third-order valence-corrected chi connectivity index (χ3v) is 3.64. The number of fused-ring (bicyclic) bond motifs is 1. The van der Waals surface area contributed by atoms with E-state index in [0.29, 0.717) is 12.2 Å². The molecular weight excluding hydrogens is 274 g/mol. The highest BCUT2D eigenvalue weighted by Crippen LogP contribution is 2.18. The molecule has 0 N–H and O–H groups in total. The summed E-state index contributed by atoms with van der Waals surface area (Å²) in [6.07, 6.45) is 3.36. The Hall–Kier alpha value is -2.55. The van der Waals surface area contributed by atoms with Crippen LogP contribution in [0.3, 0.4) is 0 Å². The fourth-order valence-electron chi connectivity index (χ4n) is 2.52. The van der Waals surface area contributed by atoms with Crippen molar-refractivity contribution in [2.24, 2.45) is 0 Å². The first kappa shape index (κ1) is 14.4. The topological polar surface area (TPSA) is 31.2 Å². The lowest BCUT2D eigenvalue weighted by Crippen LogP contribution is -2.06. The Morgan fingerprint density at radius 2 is 1.82 bits per heavy atom. The van der Waals surface area contributed by atoms with Gasteiger partial charge in [0.05, 0.1) is 0 Å². The number of hydrogen-bond acceptors (Lipinski definition) is 2. The molecule has 22 heavy (non-hydrogen) atoms. The maximum Gasteiger partial charge on any atom is 0.311 e. The minimum atomic E-state index is -0.174. The predicted octanol–water partition coefficient (Wildman–Crippen LogP) is 4.40. The summed E-state index contributed by atoms with van der Waals surface area (Å²) in [6.45, 7) is 2.77. The van der Waals surface area contributed by atoms with Gasteiger partial charge >= 0.3 is 5.97 Å². The second-order valence-electron chi connectivity index (χ2n) is 5.37. The van der Waals surface area contributed by atoms with Crippen LogP contribution in [-0.4, -0.2) is 10.5 Å². The van der Waals surface area contributed by atoms with Crippen molar-refractivity contribution in [2.45, 2.75) is 26.3 Å². The van der Waals surface area contributed by atoms with E-state index in [0.717, 1.165) is 13.0 Å². The molecule has 0 bridgehead atoms. The molecule has 1 heterocycles. The van der Waals surface area contributed by atoms with Crippen LogP contribution >= 0.6 is 0 Å². The molecule has 2 aromatic carbocycles. The van der Waals surface area contributed by atoms with Gasteiger partial charge in [-0.2, -0.15) is 0 Å². The summed E-state index contributed by atoms with van der Waals surface area (Å²) in [5.74, 6) is 0.436. The van der Waals surface area contributed by atoms with E-state index in [1.54, 1.807) is 0 Å². The first-order valence-corrected chi connectivity index (χ1v) is 7.60. The third kappa shape index (κ3) is 3.19. The zero-order valence-electron chi connectivity index (χ0n) is 12.7. The Balaban J connectivity index is 1.72. The monoisotopic (exact) mass is 293 g/mol. The van der Waals surface area contributed by atoms with E-state index in [1.165, 1.54) is 16.5 Å². The van der Waals surface area contributed by atoms with Crippen molar-refractivity contribution < 1.29 is 9.53 Å². The van der Waals surface area contributed by atoms with Gasteiger partial charge in [-0.3, -0.25) is 4.79 Å². The molecule has 0 aliphatic heterocycles. The fraction of sp³-hybridized carbons (Fsp3) is 0.211. The van der Waals surface area contributed by atoms with Gasteiger partial charge in [0.2, 0.25) is 0 Å². The molecule has 3 nitrogen and oxygen atoms in total. The molecule has 3 rings (SSSR count). The number of benzene rings is 2. The van der Waals surface area contributed by atoms with Crippen molar-refractivity contribution in [3.63, 3.8) is 0 Å². The summed E-state index contributed by atoms with van der Waals surface area (Å²) < 4.78 is 7.49. The van der Waals surface area contributed by atoms with E-state index in [4.69, 9.17) is 4.74 Å². The van der Waals surface area contributed by atoms with Crippen LogP contribution in [0.1, 0.15) is 25.3 Å². The zero-order valence-corrected chi connectivity index (χ0v) is 12.7. The van der Waals surface area contributed by atoms with Crippen molar-refractivity contribution in [3.05, 3.63) is 66.4 Å². The van der Waals surface area contributed by atoms with Crippen LogP contribution in [0.5, 0.6) is 5.75 Å². The molecule has 0 radical (unpaired) electrons. The van der Waals surface area contributed by atoms with E-state index >= 15 is 0 Å². The van der Waals surface area contributed by atoms with Crippen molar-refractivity contribution in [3.8, 4) is 5.75 Å². The number of nitrogens with zero attached hydrogens (tertiary/aromatic N) is 1. The van der Waals surface area contributed by atoms with Gasteiger partial charge in [-0.25, -0.2) is 0 Å². The zero-order chi connectivity index (χ0) is 15.4. The lowest BCUT2D eigenvalue weighted by Gasteiger charge is -2.07. The van der Waals surface area contributed by atoms with Crippen molar-refractivity contribution in [2.75, 3.05) is 0 Å². The first-order chi connectivity index (χ1) is 10.8.